The van der Waals surface area contributed by atoms with Crippen LogP contribution in [0.4, 0.5) is 0 Å². The summed E-state index contributed by atoms with van der Waals surface area (Å²) in [7, 11) is 0. The third-order valence-corrected chi connectivity index (χ3v) is 4.17. The Bertz CT molecular complexity index is 500. The van der Waals surface area contributed by atoms with E-state index in [4.69, 9.17) is 0 Å². The smallest absolute Gasteiger partial charge is 0.255 e. The molecule has 110 valence electrons. The third-order valence-electron chi connectivity index (χ3n) is 4.17. The van der Waals surface area contributed by atoms with Gasteiger partial charge in [0.05, 0.1) is 17.7 Å². The second-order valence-corrected chi connectivity index (χ2v) is 6.11. The summed E-state index contributed by atoms with van der Waals surface area (Å²) in [6, 6.07) is 4.96. The van der Waals surface area contributed by atoms with Gasteiger partial charge >= 0.3 is 0 Å². The molecule has 20 heavy (non-hydrogen) atoms. The van der Waals surface area contributed by atoms with Crippen LogP contribution < -0.4 is 5.32 Å². The number of aryl methyl sites for hydroxylation is 1. The Morgan fingerprint density at radius 3 is 2.90 bits per heavy atom. The number of nitrogens with one attached hydrogen (secondary N) is 1. The highest BCUT2D eigenvalue weighted by Crippen LogP contribution is 2.32. The summed E-state index contributed by atoms with van der Waals surface area (Å²) in [6.45, 7) is 3.95. The summed E-state index contributed by atoms with van der Waals surface area (Å²) >= 11 is 0. The fourth-order valence-corrected chi connectivity index (χ4v) is 3.10. The number of aromatic hydroxyl groups is 1. The molecular formula is C16H23NO3. The molecule has 1 aliphatic carbocycles. The molecule has 0 spiro atoms. The number of aliphatic hydroxyl groups excluding tert-OH is 1. The van der Waals surface area contributed by atoms with Crippen LogP contribution in [-0.2, 0) is 0 Å². The van der Waals surface area contributed by atoms with E-state index in [1.165, 1.54) is 6.07 Å². The molecule has 2 rings (SSSR count). The van der Waals surface area contributed by atoms with E-state index in [1.807, 2.05) is 6.92 Å². The predicted octanol–water partition coefficient (Wildman–Crippen LogP) is 2.37. The molecule has 0 radical (unpaired) electrons. The van der Waals surface area contributed by atoms with Crippen LogP contribution in [0.2, 0.25) is 0 Å². The van der Waals surface area contributed by atoms with Crippen molar-refractivity contribution >= 4 is 5.91 Å². The number of carbonyl (C=O) groups is 1. The summed E-state index contributed by atoms with van der Waals surface area (Å²) in [5.74, 6) is 0.154. The summed E-state index contributed by atoms with van der Waals surface area (Å²) < 4.78 is 0. The highest BCUT2D eigenvalue weighted by molar-refractivity contribution is 5.97. The summed E-state index contributed by atoms with van der Waals surface area (Å²) in [4.78, 5) is 12.4. The molecule has 3 N–H and O–H groups in total. The van der Waals surface area contributed by atoms with Gasteiger partial charge in [-0.3, -0.25) is 4.79 Å². The third kappa shape index (κ3) is 3.12. The summed E-state index contributed by atoms with van der Waals surface area (Å²) in [5, 5.41) is 22.5. The molecule has 1 amide bonds. The van der Waals surface area contributed by atoms with E-state index in [9.17, 15) is 15.0 Å². The van der Waals surface area contributed by atoms with Crippen molar-refractivity contribution < 1.29 is 15.0 Å². The average Bonchev–Trinajstić information content (AvgIpc) is 2.41. The monoisotopic (exact) mass is 277 g/mol. The normalized spacial score (nSPS) is 26.2. The van der Waals surface area contributed by atoms with Crippen LogP contribution in [0.5, 0.6) is 5.75 Å². The van der Waals surface area contributed by atoms with Crippen molar-refractivity contribution in [3.63, 3.8) is 0 Å². The minimum atomic E-state index is -0.551. The van der Waals surface area contributed by atoms with Crippen LogP contribution >= 0.6 is 0 Å². The van der Waals surface area contributed by atoms with Gasteiger partial charge < -0.3 is 15.5 Å². The SMILES string of the molecule is Cc1ccc(O)c(C(=O)NC2(CO)CCCC(C)C2)c1. The van der Waals surface area contributed by atoms with E-state index in [0.717, 1.165) is 31.2 Å². The quantitative estimate of drug-likeness (QED) is 0.794. The number of hydrogen-bond donors (Lipinski definition) is 3. The highest BCUT2D eigenvalue weighted by Gasteiger charge is 2.36. The lowest BCUT2D eigenvalue weighted by molar-refractivity contribution is 0.0695. The Morgan fingerprint density at radius 1 is 1.50 bits per heavy atom. The molecule has 4 nitrogen and oxygen atoms in total. The zero-order valence-corrected chi connectivity index (χ0v) is 12.1. The van der Waals surface area contributed by atoms with E-state index in [-0.39, 0.29) is 23.8 Å². The summed E-state index contributed by atoms with van der Waals surface area (Å²) in [6.07, 6.45) is 3.70. The van der Waals surface area contributed by atoms with Gasteiger partial charge in [0.1, 0.15) is 5.75 Å². The minimum Gasteiger partial charge on any atom is -0.507 e. The Morgan fingerprint density at radius 2 is 2.25 bits per heavy atom. The maximum absolute atomic E-state index is 12.4. The molecule has 1 fully saturated rings. The first-order chi connectivity index (χ1) is 9.46. The Kier molecular flexibility index (Phi) is 4.33. The Labute approximate surface area is 119 Å². The van der Waals surface area contributed by atoms with E-state index < -0.39 is 5.54 Å². The van der Waals surface area contributed by atoms with E-state index in [2.05, 4.69) is 12.2 Å². The van der Waals surface area contributed by atoms with Gasteiger partial charge in [-0.25, -0.2) is 0 Å². The molecule has 0 heterocycles. The second kappa shape index (κ2) is 5.83. The molecule has 0 aromatic heterocycles. The number of carbonyl (C=O) groups excluding carboxylic acids is 1. The molecule has 2 atom stereocenters. The number of phenolic OH excluding ortho intramolecular Hbond substituents is 1. The van der Waals surface area contributed by atoms with Crippen molar-refractivity contribution in [2.24, 2.45) is 5.92 Å². The van der Waals surface area contributed by atoms with E-state index in [0.29, 0.717) is 5.92 Å². The average molecular weight is 277 g/mol. The van der Waals surface area contributed by atoms with Crippen molar-refractivity contribution in [2.75, 3.05) is 6.61 Å². The molecule has 1 aromatic carbocycles. The molecule has 0 saturated heterocycles. The molecule has 1 aromatic rings. The first kappa shape index (κ1) is 14.9. The van der Waals surface area contributed by atoms with E-state index >= 15 is 0 Å². The molecule has 1 saturated carbocycles. The van der Waals surface area contributed by atoms with Gasteiger partial charge in [0.2, 0.25) is 0 Å². The topological polar surface area (TPSA) is 69.6 Å². The maximum Gasteiger partial charge on any atom is 0.255 e. The van der Waals surface area contributed by atoms with Gasteiger partial charge in [0, 0.05) is 0 Å². The van der Waals surface area contributed by atoms with E-state index in [1.54, 1.807) is 12.1 Å². The first-order valence-electron chi connectivity index (χ1n) is 7.19. The Balaban J connectivity index is 2.19. The van der Waals surface area contributed by atoms with Crippen LogP contribution in [0, 0.1) is 12.8 Å². The molecule has 4 heteroatoms. The van der Waals surface area contributed by atoms with Crippen LogP contribution in [-0.4, -0.2) is 28.3 Å². The van der Waals surface area contributed by atoms with Gasteiger partial charge in [-0.05, 0) is 37.8 Å². The number of benzene rings is 1. The predicted molar refractivity (Wildman–Crippen MR) is 77.8 cm³/mol. The molecule has 0 aliphatic heterocycles. The van der Waals surface area contributed by atoms with Crippen molar-refractivity contribution in [2.45, 2.75) is 45.1 Å². The molecule has 0 bridgehead atoms. The van der Waals surface area contributed by atoms with Crippen molar-refractivity contribution in [3.8, 4) is 5.75 Å². The summed E-state index contributed by atoms with van der Waals surface area (Å²) in [5.41, 5.74) is 0.643. The zero-order valence-electron chi connectivity index (χ0n) is 12.1. The van der Waals surface area contributed by atoms with Crippen LogP contribution in [0.3, 0.4) is 0 Å². The lowest BCUT2D eigenvalue weighted by Crippen LogP contribution is -2.53. The zero-order chi connectivity index (χ0) is 14.8. The molecule has 2 unspecified atom stereocenters. The number of phenols is 1. The van der Waals surface area contributed by atoms with Gasteiger partial charge in [-0.15, -0.1) is 0 Å². The number of rotatable bonds is 3. The lowest BCUT2D eigenvalue weighted by Gasteiger charge is -2.39. The van der Waals surface area contributed by atoms with Gasteiger partial charge in [0.25, 0.3) is 5.91 Å². The molecule has 1 aliphatic rings. The molecular weight excluding hydrogens is 254 g/mol. The second-order valence-electron chi connectivity index (χ2n) is 6.11. The van der Waals surface area contributed by atoms with Crippen molar-refractivity contribution in [1.29, 1.82) is 0 Å². The van der Waals surface area contributed by atoms with Gasteiger partial charge in [-0.1, -0.05) is 31.4 Å². The highest BCUT2D eigenvalue weighted by atomic mass is 16.3. The minimum absolute atomic E-state index is 0.0231. The number of aliphatic hydroxyl groups is 1. The van der Waals surface area contributed by atoms with Crippen molar-refractivity contribution in [1.82, 2.24) is 5.32 Å². The van der Waals surface area contributed by atoms with Gasteiger partial charge in [-0.2, -0.15) is 0 Å². The van der Waals surface area contributed by atoms with Crippen LogP contribution in [0.15, 0.2) is 18.2 Å². The largest absolute Gasteiger partial charge is 0.507 e. The van der Waals surface area contributed by atoms with Crippen LogP contribution in [0.25, 0.3) is 0 Å². The van der Waals surface area contributed by atoms with Crippen LogP contribution in [0.1, 0.15) is 48.5 Å². The lowest BCUT2D eigenvalue weighted by atomic mass is 9.76. The van der Waals surface area contributed by atoms with Crippen molar-refractivity contribution in [3.05, 3.63) is 29.3 Å². The maximum atomic E-state index is 12.4. The first-order valence-corrected chi connectivity index (χ1v) is 7.19. The van der Waals surface area contributed by atoms with Gasteiger partial charge in [0.15, 0.2) is 0 Å². The fourth-order valence-electron chi connectivity index (χ4n) is 3.10. The standard InChI is InChI=1S/C16H23NO3/c1-11-5-6-14(19)13(8-11)15(20)17-16(10-18)7-3-4-12(2)9-16/h5-6,8,12,18-19H,3-4,7,9-10H2,1-2H3,(H,17,20). The fraction of sp³-hybridized carbons (Fsp3) is 0.562. The number of hydrogen-bond acceptors (Lipinski definition) is 3. The number of amides is 1. The Hall–Kier alpha value is -1.55.